The van der Waals surface area contributed by atoms with Gasteiger partial charge in [-0.25, -0.2) is 24.5 Å². The number of likely N-dealkylation sites (tertiary alicyclic amines) is 1. The van der Waals surface area contributed by atoms with E-state index in [0.717, 1.165) is 60.6 Å². The van der Waals surface area contributed by atoms with E-state index >= 15 is 4.39 Å². The number of methoxy groups -OCH3 is 1. The molecule has 514 valence electrons. The number of alkyl halides is 1. The van der Waals surface area contributed by atoms with Gasteiger partial charge in [0.2, 0.25) is 5.91 Å². The topological polar surface area (TPSA) is 293 Å². The minimum Gasteiger partial charge on any atom is -0.464 e. The molecule has 0 aliphatic carbocycles. The second-order valence-corrected chi connectivity index (χ2v) is 27.7. The van der Waals surface area contributed by atoms with E-state index in [1.54, 1.807) is 27.2 Å². The van der Waals surface area contributed by atoms with E-state index in [9.17, 15) is 24.0 Å². The Morgan fingerprint density at radius 3 is 2.43 bits per heavy atom. The summed E-state index contributed by atoms with van der Waals surface area (Å²) >= 11 is 0. The number of hydrogen-bond acceptors (Lipinski definition) is 19. The minimum atomic E-state index is -2.34. The highest BCUT2D eigenvalue weighted by atomic mass is 19.1. The van der Waals surface area contributed by atoms with Crippen molar-refractivity contribution in [2.24, 2.45) is 11.3 Å². The van der Waals surface area contributed by atoms with Gasteiger partial charge in [-0.2, -0.15) is 10.1 Å². The first kappa shape index (κ1) is 70.0. The maximum atomic E-state index is 16.8. The predicted molar refractivity (Wildman–Crippen MR) is 365 cm³/mol. The number of aromatic nitrogens is 7. The van der Waals surface area contributed by atoms with Gasteiger partial charge in [0.25, 0.3) is 23.7 Å². The van der Waals surface area contributed by atoms with Crippen LogP contribution in [0.2, 0.25) is 0 Å². The van der Waals surface area contributed by atoms with E-state index in [2.05, 4.69) is 97.1 Å². The lowest BCUT2D eigenvalue weighted by Crippen LogP contribution is -2.63. The third-order valence-corrected chi connectivity index (χ3v) is 19.1. The maximum absolute atomic E-state index is 16.8. The Hall–Kier alpha value is -8.77. The van der Waals surface area contributed by atoms with E-state index in [1.807, 2.05) is 82.6 Å². The lowest BCUT2D eigenvalue weighted by atomic mass is 9.84. The summed E-state index contributed by atoms with van der Waals surface area (Å²) in [7, 11) is 6.82. The van der Waals surface area contributed by atoms with Crippen LogP contribution in [0.3, 0.4) is 0 Å². The molecule has 0 radical (unpaired) electrons. The average molecular weight is 1320 g/mol. The summed E-state index contributed by atoms with van der Waals surface area (Å²) < 4.78 is 44.6. The van der Waals surface area contributed by atoms with E-state index in [1.165, 1.54) is 23.3 Å². The van der Waals surface area contributed by atoms with Crippen LogP contribution in [0.25, 0.3) is 55.6 Å². The molecule has 4 aliphatic heterocycles. The molecule has 11 rings (SSSR count). The first-order valence-corrected chi connectivity index (χ1v) is 33.2. The number of oxazole rings is 1. The van der Waals surface area contributed by atoms with Crippen molar-refractivity contribution in [3.8, 4) is 34.4 Å². The number of carbonyl (C=O) groups is 5. The van der Waals surface area contributed by atoms with Gasteiger partial charge in [0.15, 0.2) is 16.9 Å². The zero-order valence-electron chi connectivity index (χ0n) is 57.8. The molecule has 96 heavy (non-hydrogen) atoms. The number of halogens is 1. The summed E-state index contributed by atoms with van der Waals surface area (Å²) in [5.74, 6) is 2.67. The largest absolute Gasteiger partial charge is 0.464 e. The number of likely N-dealkylation sites (N-methyl/N-ethyl adjacent to an activating group) is 1. The van der Waals surface area contributed by atoms with Crippen LogP contribution < -0.4 is 27.1 Å². The van der Waals surface area contributed by atoms with Gasteiger partial charge in [0, 0.05) is 118 Å². The van der Waals surface area contributed by atoms with Crippen LogP contribution in [0.5, 0.6) is 0 Å². The normalized spacial score (nSPS) is 19.9. The number of anilines is 3. The fraction of sp³-hybridized carbons (Fsp3) is 0.543. The number of rotatable bonds is 12. The summed E-state index contributed by atoms with van der Waals surface area (Å²) in [6, 6.07) is 13.2. The number of nitrogens with one attached hydrogen (secondary N) is 2. The molecule has 26 heteroatoms. The van der Waals surface area contributed by atoms with Crippen LogP contribution >= 0.6 is 0 Å². The van der Waals surface area contributed by atoms with Crippen molar-refractivity contribution in [2.75, 3.05) is 90.6 Å². The van der Waals surface area contributed by atoms with Crippen molar-refractivity contribution in [3.63, 3.8) is 0 Å². The number of pyridine rings is 1. The van der Waals surface area contributed by atoms with Gasteiger partial charge < -0.3 is 54.7 Å². The van der Waals surface area contributed by atoms with Gasteiger partial charge in [0.1, 0.15) is 41.5 Å². The molecule has 25 nitrogen and oxygen atoms in total. The fourth-order valence-corrected chi connectivity index (χ4v) is 13.2. The number of cyclic esters (lactones) is 1. The molecule has 0 saturated carbocycles. The molecule has 6 bridgehead atoms. The number of nitrogen functional groups attached to an aromatic ring is 2. The highest BCUT2D eigenvalue weighted by Crippen LogP contribution is 2.43. The van der Waals surface area contributed by atoms with Crippen molar-refractivity contribution in [1.82, 2.24) is 64.7 Å². The zero-order chi connectivity index (χ0) is 69.3. The molecular weight excluding hydrogens is 1230 g/mol. The standard InChI is InChI=1S/C55H78FN9O8.C15H15N7O/c1-13-64-44-19-18-37-30-40(44)41(48(64)39-16-14-24-57-46(39)36(4)71-12)32-53(5,6)34-73-51(69)42-17-15-25-65(59-42)50(68)43(31-38-33-63(37)28-29-72-38)58-49(67)47(35(2)3)61(11)52(70)55(56)22-26-62(27-23-55)45(66)20-21-54(7,8)60(9)10;1-7(2)22-14-11(13(16)18-6-19-14)12(21-22)8-3-4-10-9(5-8)20-15(17)23-10/h14,16,18-19,24,30,35-36,38,42-43,47,59H,13,15,17,22-23,25-29,31-34H2,1-12H3,(H,58,67);3-7H,1-2H3,(H2,17,20)(H2,16,18,19). The Bertz CT molecular complexity index is 4100. The van der Waals surface area contributed by atoms with E-state index < -0.39 is 76.4 Å². The Kier molecular flexibility index (Phi) is 20.8. The van der Waals surface area contributed by atoms with Crippen LogP contribution in [0.4, 0.5) is 21.9 Å². The number of esters is 1. The first-order valence-electron chi connectivity index (χ1n) is 33.2. The number of hydrazine groups is 1. The fourth-order valence-electron chi connectivity index (χ4n) is 13.2. The number of nitrogens with two attached hydrogens (primary N) is 2. The molecule has 6 N–H and O–H groups in total. The van der Waals surface area contributed by atoms with Crippen LogP contribution in [0.1, 0.15) is 125 Å². The van der Waals surface area contributed by atoms with E-state index in [0.29, 0.717) is 68.1 Å². The molecule has 3 saturated heterocycles. The summed E-state index contributed by atoms with van der Waals surface area (Å²) in [5.41, 5.74) is 20.9. The molecule has 5 unspecified atom stereocenters. The molecule has 9 heterocycles. The van der Waals surface area contributed by atoms with Gasteiger partial charge in [-0.05, 0) is 141 Å². The number of fused-ring (bicyclic) bond motifs is 8. The molecule has 5 atom stereocenters. The number of morpholine rings is 1. The highest BCUT2D eigenvalue weighted by Gasteiger charge is 2.48. The molecular formula is C70H93FN16O9. The number of amides is 4. The number of hydrogen-bond donors (Lipinski definition) is 4. The molecule has 2 aromatic carbocycles. The van der Waals surface area contributed by atoms with Gasteiger partial charge >= 0.3 is 5.97 Å². The third kappa shape index (κ3) is 14.6. The van der Waals surface area contributed by atoms with Crippen molar-refractivity contribution in [2.45, 2.75) is 162 Å². The summed E-state index contributed by atoms with van der Waals surface area (Å²) in [5, 5.41) is 10.8. The Labute approximate surface area is 560 Å². The van der Waals surface area contributed by atoms with Gasteiger partial charge in [-0.3, -0.25) is 38.9 Å². The molecule has 3 fully saturated rings. The van der Waals surface area contributed by atoms with Crippen molar-refractivity contribution in [3.05, 3.63) is 72.3 Å². The SMILES string of the molecule is CC(C)n1nc(-c2ccc3oc(N)nc3c2)c2c(N)ncnc21.CCn1c(-c2cccnc2C(C)OC)c2c3cc(ccc31)N1CCOC(CC(NC(=O)C(C(C)C)N(C)C(=O)C3(F)CCN(C(=O)C#CC(C)(C)N(C)C)CC3)C(=O)N3CCCC(N3)C(=O)OCC(C)(C)C2)C1. The Balaban J connectivity index is 0.000000362. The summed E-state index contributed by atoms with van der Waals surface area (Å²) in [6.45, 7) is 22.1. The number of aryl methyl sites for hydroxylation is 1. The summed E-state index contributed by atoms with van der Waals surface area (Å²) in [4.78, 5) is 94.8. The second kappa shape index (κ2) is 28.5. The quantitative estimate of drug-likeness (QED) is 0.0674. The van der Waals surface area contributed by atoms with Crippen LogP contribution in [-0.4, -0.2) is 193 Å². The molecule has 4 amide bonds. The Morgan fingerprint density at radius 2 is 1.73 bits per heavy atom. The van der Waals surface area contributed by atoms with Gasteiger partial charge in [-0.15, -0.1) is 0 Å². The number of piperidine rings is 1. The van der Waals surface area contributed by atoms with Crippen molar-refractivity contribution < 1.29 is 47.0 Å². The number of ether oxygens (including phenoxy) is 3. The lowest BCUT2D eigenvalue weighted by Gasteiger charge is -2.41. The lowest BCUT2D eigenvalue weighted by molar-refractivity contribution is -0.156. The number of carbonyl (C=O) groups excluding carboxylic acids is 5. The van der Waals surface area contributed by atoms with Crippen molar-refractivity contribution >= 4 is 80.2 Å². The monoisotopic (exact) mass is 1320 g/mol. The maximum Gasteiger partial charge on any atom is 0.324 e. The second-order valence-electron chi connectivity index (χ2n) is 27.7. The van der Waals surface area contributed by atoms with Crippen LogP contribution in [0.15, 0.2) is 65.5 Å². The molecule has 0 spiro atoms. The predicted octanol–water partition coefficient (Wildman–Crippen LogP) is 7.67. The zero-order valence-corrected chi connectivity index (χ0v) is 57.8. The average Bonchev–Trinajstić information content (AvgIpc) is 1.59. The molecule has 7 aromatic rings. The van der Waals surface area contributed by atoms with Crippen LogP contribution in [-0.2, 0) is 51.1 Å². The summed E-state index contributed by atoms with van der Waals surface area (Å²) in [6.07, 6.45) is 3.49. The van der Waals surface area contributed by atoms with Gasteiger partial charge in [0.05, 0.1) is 47.7 Å². The molecule has 4 aliphatic rings. The number of nitrogens with zero attached hydrogens (tertiary/aromatic N) is 12. The third-order valence-electron chi connectivity index (χ3n) is 19.1. The highest BCUT2D eigenvalue weighted by molar-refractivity contribution is 6.00. The molecule has 5 aromatic heterocycles. The van der Waals surface area contributed by atoms with Gasteiger partial charge in [-0.1, -0.05) is 33.6 Å². The smallest absolute Gasteiger partial charge is 0.324 e. The van der Waals surface area contributed by atoms with Crippen LogP contribution in [0, 0.1) is 23.2 Å². The number of benzene rings is 2. The van der Waals surface area contributed by atoms with E-state index in [-0.39, 0.29) is 63.7 Å². The minimum absolute atomic E-state index is 0.0172. The van der Waals surface area contributed by atoms with E-state index in [4.69, 9.17) is 35.1 Å². The van der Waals surface area contributed by atoms with Crippen molar-refractivity contribution in [1.29, 1.82) is 0 Å². The Morgan fingerprint density at radius 1 is 0.979 bits per heavy atom. The first-order chi connectivity index (χ1) is 45.5.